The molecule has 0 aromatic heterocycles. The third-order valence-electron chi connectivity index (χ3n) is 2.27. The minimum absolute atomic E-state index is 0. The van der Waals surface area contributed by atoms with E-state index in [0.29, 0.717) is 17.1 Å². The molecule has 17 heavy (non-hydrogen) atoms. The fourth-order valence-corrected chi connectivity index (χ4v) is 1.45. The van der Waals surface area contributed by atoms with Gasteiger partial charge < -0.3 is 15.2 Å². The molecule has 1 atom stereocenters. The minimum Gasteiger partial charge on any atom is -0.497 e. The van der Waals surface area contributed by atoms with Crippen LogP contribution in [-0.2, 0) is 0 Å². The van der Waals surface area contributed by atoms with Gasteiger partial charge in [0, 0.05) is 18.0 Å². The lowest BCUT2D eigenvalue weighted by Crippen LogP contribution is -2.15. The van der Waals surface area contributed by atoms with Crippen LogP contribution < -0.4 is 15.2 Å². The lowest BCUT2D eigenvalue weighted by Gasteiger charge is -2.16. The zero-order valence-corrected chi connectivity index (χ0v) is 10.5. The van der Waals surface area contributed by atoms with Crippen LogP contribution in [0.15, 0.2) is 18.2 Å². The number of hydrogen-bond donors (Lipinski definition) is 1. The quantitative estimate of drug-likeness (QED) is 0.892. The molecule has 0 saturated carbocycles. The summed E-state index contributed by atoms with van der Waals surface area (Å²) in [6.07, 6.45) is -2.84. The third-order valence-corrected chi connectivity index (χ3v) is 2.27. The normalized spacial score (nSPS) is 11.9. The van der Waals surface area contributed by atoms with Crippen LogP contribution in [0, 0.1) is 0 Å². The summed E-state index contributed by atoms with van der Waals surface area (Å²) in [5, 5.41) is 0. The van der Waals surface area contributed by atoms with Crippen molar-refractivity contribution in [1.82, 2.24) is 0 Å². The van der Waals surface area contributed by atoms with E-state index in [9.17, 15) is 8.78 Å². The number of hydrogen-bond acceptors (Lipinski definition) is 3. The van der Waals surface area contributed by atoms with Gasteiger partial charge in [-0.25, -0.2) is 8.78 Å². The predicted molar refractivity (Wildman–Crippen MR) is 64.3 cm³/mol. The highest BCUT2D eigenvalue weighted by molar-refractivity contribution is 5.85. The van der Waals surface area contributed by atoms with Gasteiger partial charge in [0.1, 0.15) is 11.5 Å². The number of benzene rings is 1. The molecule has 0 unspecified atom stereocenters. The molecule has 1 aromatic carbocycles. The van der Waals surface area contributed by atoms with Crippen molar-refractivity contribution in [3.63, 3.8) is 0 Å². The molecule has 0 saturated heterocycles. The third kappa shape index (κ3) is 4.36. The lowest BCUT2D eigenvalue weighted by molar-refractivity contribution is 0.128. The van der Waals surface area contributed by atoms with Crippen LogP contribution in [0.5, 0.6) is 11.5 Å². The maximum atomic E-state index is 12.2. The van der Waals surface area contributed by atoms with E-state index in [-0.39, 0.29) is 12.4 Å². The van der Waals surface area contributed by atoms with Crippen molar-refractivity contribution >= 4 is 12.4 Å². The SMILES string of the molecule is COc1ccc(OC)c([C@@H](N)CC(F)F)c1.Cl. The summed E-state index contributed by atoms with van der Waals surface area (Å²) in [4.78, 5) is 0. The van der Waals surface area contributed by atoms with Gasteiger partial charge in [0.15, 0.2) is 0 Å². The number of rotatable bonds is 5. The van der Waals surface area contributed by atoms with E-state index in [0.717, 1.165) is 0 Å². The van der Waals surface area contributed by atoms with Crippen molar-refractivity contribution in [3.8, 4) is 11.5 Å². The van der Waals surface area contributed by atoms with Crippen LogP contribution in [0.25, 0.3) is 0 Å². The topological polar surface area (TPSA) is 44.5 Å². The molecule has 1 rings (SSSR count). The Labute approximate surface area is 105 Å². The van der Waals surface area contributed by atoms with Gasteiger partial charge in [0.25, 0.3) is 0 Å². The lowest BCUT2D eigenvalue weighted by atomic mass is 10.0. The molecule has 6 heteroatoms. The van der Waals surface area contributed by atoms with Gasteiger partial charge >= 0.3 is 0 Å². The Morgan fingerprint density at radius 3 is 2.35 bits per heavy atom. The summed E-state index contributed by atoms with van der Waals surface area (Å²) in [6.45, 7) is 0. The molecule has 0 heterocycles. The molecule has 98 valence electrons. The van der Waals surface area contributed by atoms with Crippen molar-refractivity contribution in [1.29, 1.82) is 0 Å². The molecule has 1 aromatic rings. The first kappa shape index (κ1) is 15.9. The Balaban J connectivity index is 0.00000256. The molecule has 0 amide bonds. The Hall–Kier alpha value is -1.07. The number of halogens is 3. The van der Waals surface area contributed by atoms with Gasteiger partial charge in [-0.15, -0.1) is 12.4 Å². The monoisotopic (exact) mass is 267 g/mol. The zero-order valence-electron chi connectivity index (χ0n) is 9.65. The highest BCUT2D eigenvalue weighted by Crippen LogP contribution is 2.30. The molecule has 0 aliphatic heterocycles. The molecule has 0 spiro atoms. The first-order chi connectivity index (χ1) is 7.58. The second kappa shape index (κ2) is 7.29. The number of alkyl halides is 2. The van der Waals surface area contributed by atoms with Crippen molar-refractivity contribution < 1.29 is 18.3 Å². The molecular formula is C11H16ClF2NO2. The van der Waals surface area contributed by atoms with E-state index in [1.165, 1.54) is 14.2 Å². The van der Waals surface area contributed by atoms with Gasteiger partial charge in [0.2, 0.25) is 6.43 Å². The van der Waals surface area contributed by atoms with Crippen LogP contribution in [0.3, 0.4) is 0 Å². The van der Waals surface area contributed by atoms with E-state index in [1.807, 2.05) is 0 Å². The fraction of sp³-hybridized carbons (Fsp3) is 0.455. The molecule has 0 aliphatic carbocycles. The smallest absolute Gasteiger partial charge is 0.240 e. The second-order valence-corrected chi connectivity index (χ2v) is 3.34. The van der Waals surface area contributed by atoms with Gasteiger partial charge in [-0.3, -0.25) is 0 Å². The van der Waals surface area contributed by atoms with E-state index < -0.39 is 18.9 Å². The summed E-state index contributed by atoms with van der Waals surface area (Å²) in [6, 6.07) is 4.20. The summed E-state index contributed by atoms with van der Waals surface area (Å²) in [7, 11) is 2.98. The average molecular weight is 268 g/mol. The molecule has 2 N–H and O–H groups in total. The Morgan fingerprint density at radius 1 is 1.24 bits per heavy atom. The summed E-state index contributed by atoms with van der Waals surface area (Å²) in [5.41, 5.74) is 6.21. The van der Waals surface area contributed by atoms with Crippen molar-refractivity contribution in [2.24, 2.45) is 5.73 Å². The fourth-order valence-electron chi connectivity index (χ4n) is 1.45. The largest absolute Gasteiger partial charge is 0.497 e. The van der Waals surface area contributed by atoms with E-state index >= 15 is 0 Å². The second-order valence-electron chi connectivity index (χ2n) is 3.34. The average Bonchev–Trinajstić information content (AvgIpc) is 2.27. The van der Waals surface area contributed by atoms with Crippen molar-refractivity contribution in [2.75, 3.05) is 14.2 Å². The van der Waals surface area contributed by atoms with Crippen LogP contribution in [-0.4, -0.2) is 20.6 Å². The van der Waals surface area contributed by atoms with Gasteiger partial charge in [0.05, 0.1) is 14.2 Å². The summed E-state index contributed by atoms with van der Waals surface area (Å²) in [5.74, 6) is 1.06. The molecule has 3 nitrogen and oxygen atoms in total. The summed E-state index contributed by atoms with van der Waals surface area (Å²) < 4.78 is 34.6. The molecule has 0 aliphatic rings. The van der Waals surface area contributed by atoms with E-state index in [2.05, 4.69) is 0 Å². The summed E-state index contributed by atoms with van der Waals surface area (Å²) >= 11 is 0. The standard InChI is InChI=1S/C11H15F2NO2.ClH/c1-15-7-3-4-10(16-2)8(5-7)9(14)6-11(12)13;/h3-5,9,11H,6,14H2,1-2H3;1H/t9-;/m0./s1. The molecule has 0 bridgehead atoms. The maximum Gasteiger partial charge on any atom is 0.240 e. The zero-order chi connectivity index (χ0) is 12.1. The Kier molecular flexibility index (Phi) is 6.83. The van der Waals surface area contributed by atoms with Gasteiger partial charge in [-0.1, -0.05) is 0 Å². The number of methoxy groups -OCH3 is 2. The Bertz CT molecular complexity index is 350. The first-order valence-electron chi connectivity index (χ1n) is 4.84. The highest BCUT2D eigenvalue weighted by atomic mass is 35.5. The highest BCUT2D eigenvalue weighted by Gasteiger charge is 2.17. The van der Waals surface area contributed by atoms with E-state index in [1.54, 1.807) is 18.2 Å². The van der Waals surface area contributed by atoms with Gasteiger partial charge in [-0.2, -0.15) is 0 Å². The van der Waals surface area contributed by atoms with Crippen LogP contribution in [0.4, 0.5) is 8.78 Å². The van der Waals surface area contributed by atoms with Crippen LogP contribution in [0.1, 0.15) is 18.0 Å². The maximum absolute atomic E-state index is 12.2. The molecule has 0 radical (unpaired) electrons. The minimum atomic E-state index is -2.44. The van der Waals surface area contributed by atoms with Crippen LogP contribution >= 0.6 is 12.4 Å². The number of nitrogens with two attached hydrogens (primary N) is 1. The van der Waals surface area contributed by atoms with Crippen molar-refractivity contribution in [3.05, 3.63) is 23.8 Å². The predicted octanol–water partition coefficient (Wildman–Crippen LogP) is 2.78. The van der Waals surface area contributed by atoms with E-state index in [4.69, 9.17) is 15.2 Å². The number of ether oxygens (including phenoxy) is 2. The van der Waals surface area contributed by atoms with Crippen molar-refractivity contribution in [2.45, 2.75) is 18.9 Å². The molecule has 0 fully saturated rings. The first-order valence-corrected chi connectivity index (χ1v) is 4.84. The van der Waals surface area contributed by atoms with Crippen LogP contribution in [0.2, 0.25) is 0 Å². The Morgan fingerprint density at radius 2 is 1.88 bits per heavy atom. The van der Waals surface area contributed by atoms with Gasteiger partial charge in [-0.05, 0) is 18.2 Å². The molecular weight excluding hydrogens is 252 g/mol.